The fourth-order valence-electron chi connectivity index (χ4n) is 1.85. The Kier molecular flexibility index (Phi) is 5.30. The lowest BCUT2D eigenvalue weighted by atomic mass is 10.3. The van der Waals surface area contributed by atoms with Gasteiger partial charge in [0, 0.05) is 49.6 Å². The van der Waals surface area contributed by atoms with Crippen molar-refractivity contribution in [2.75, 3.05) is 18.0 Å². The highest BCUT2D eigenvalue weighted by molar-refractivity contribution is 7.15. The summed E-state index contributed by atoms with van der Waals surface area (Å²) in [6.45, 7) is 8.06. The highest BCUT2D eigenvalue weighted by Crippen LogP contribution is 2.22. The van der Waals surface area contributed by atoms with Gasteiger partial charge in [-0.2, -0.15) is 0 Å². The van der Waals surface area contributed by atoms with Gasteiger partial charge in [0.15, 0.2) is 5.13 Å². The molecule has 0 aromatic carbocycles. The van der Waals surface area contributed by atoms with Crippen LogP contribution < -0.4 is 10.2 Å². The number of rotatable bonds is 7. The zero-order chi connectivity index (χ0) is 13.5. The summed E-state index contributed by atoms with van der Waals surface area (Å²) in [5.41, 5.74) is 1.25. The number of thiazole rings is 1. The molecule has 4 nitrogen and oxygen atoms in total. The molecule has 0 radical (unpaired) electrons. The lowest BCUT2D eigenvalue weighted by molar-refractivity contribution is 0.699. The number of anilines is 1. The van der Waals surface area contributed by atoms with Gasteiger partial charge in [-0.25, -0.2) is 4.98 Å². The fraction of sp³-hybridized carbons (Fsp3) is 0.429. The van der Waals surface area contributed by atoms with Crippen LogP contribution >= 0.6 is 11.3 Å². The first kappa shape index (κ1) is 14.0. The Hall–Kier alpha value is -1.46. The van der Waals surface area contributed by atoms with Crippen molar-refractivity contribution in [1.82, 2.24) is 15.3 Å². The molecule has 5 heteroatoms. The minimum atomic E-state index is 0.862. The van der Waals surface area contributed by atoms with Crippen LogP contribution in [0.2, 0.25) is 0 Å². The van der Waals surface area contributed by atoms with E-state index < -0.39 is 0 Å². The molecule has 0 amide bonds. The van der Waals surface area contributed by atoms with E-state index in [1.54, 1.807) is 11.3 Å². The van der Waals surface area contributed by atoms with E-state index in [-0.39, 0.29) is 0 Å². The van der Waals surface area contributed by atoms with Gasteiger partial charge < -0.3 is 10.2 Å². The molecule has 0 aliphatic carbocycles. The van der Waals surface area contributed by atoms with E-state index in [0.717, 1.165) is 31.3 Å². The van der Waals surface area contributed by atoms with Crippen molar-refractivity contribution in [3.8, 4) is 0 Å². The molecule has 102 valence electrons. The topological polar surface area (TPSA) is 41.1 Å². The van der Waals surface area contributed by atoms with E-state index in [4.69, 9.17) is 0 Å². The molecule has 0 atom stereocenters. The zero-order valence-electron chi connectivity index (χ0n) is 11.5. The Balaban J connectivity index is 1.83. The molecule has 0 aliphatic heterocycles. The van der Waals surface area contributed by atoms with Crippen LogP contribution in [-0.2, 0) is 13.1 Å². The van der Waals surface area contributed by atoms with Gasteiger partial charge in [0.2, 0.25) is 0 Å². The molecule has 2 aromatic rings. The lowest BCUT2D eigenvalue weighted by Crippen LogP contribution is -2.21. The van der Waals surface area contributed by atoms with Gasteiger partial charge in [-0.1, -0.05) is 0 Å². The Bertz CT molecular complexity index is 479. The molecule has 19 heavy (non-hydrogen) atoms. The number of hydrogen-bond donors (Lipinski definition) is 1. The maximum atomic E-state index is 4.48. The van der Waals surface area contributed by atoms with E-state index in [1.165, 1.54) is 10.4 Å². The molecule has 0 aliphatic rings. The first-order valence-corrected chi connectivity index (χ1v) is 7.44. The minimum absolute atomic E-state index is 0.862. The summed E-state index contributed by atoms with van der Waals surface area (Å²) >= 11 is 1.77. The Labute approximate surface area is 118 Å². The number of pyridine rings is 1. The molecular weight excluding hydrogens is 256 g/mol. The average molecular weight is 276 g/mol. The quantitative estimate of drug-likeness (QED) is 0.844. The van der Waals surface area contributed by atoms with Gasteiger partial charge in [-0.3, -0.25) is 4.98 Å². The van der Waals surface area contributed by atoms with Crippen LogP contribution in [0.4, 0.5) is 5.13 Å². The number of hydrogen-bond acceptors (Lipinski definition) is 5. The highest BCUT2D eigenvalue weighted by atomic mass is 32.1. The summed E-state index contributed by atoms with van der Waals surface area (Å²) < 4.78 is 0. The molecule has 0 bridgehead atoms. The van der Waals surface area contributed by atoms with Gasteiger partial charge >= 0.3 is 0 Å². The Morgan fingerprint density at radius 1 is 1.16 bits per heavy atom. The first-order valence-electron chi connectivity index (χ1n) is 6.62. The van der Waals surface area contributed by atoms with Crippen molar-refractivity contribution in [3.63, 3.8) is 0 Å². The number of nitrogens with one attached hydrogen (secondary N) is 1. The highest BCUT2D eigenvalue weighted by Gasteiger charge is 2.07. The van der Waals surface area contributed by atoms with Crippen molar-refractivity contribution in [2.45, 2.75) is 26.9 Å². The molecule has 2 aromatic heterocycles. The lowest BCUT2D eigenvalue weighted by Gasteiger charge is -2.16. The third-order valence-corrected chi connectivity index (χ3v) is 4.01. The van der Waals surface area contributed by atoms with Crippen LogP contribution in [-0.4, -0.2) is 23.1 Å². The van der Waals surface area contributed by atoms with Crippen molar-refractivity contribution in [3.05, 3.63) is 41.2 Å². The normalized spacial score (nSPS) is 10.6. The van der Waals surface area contributed by atoms with Crippen molar-refractivity contribution < 1.29 is 0 Å². The molecule has 0 saturated heterocycles. The Morgan fingerprint density at radius 2 is 1.89 bits per heavy atom. The fourth-order valence-corrected chi connectivity index (χ4v) is 2.86. The van der Waals surface area contributed by atoms with Crippen LogP contribution in [0, 0.1) is 0 Å². The van der Waals surface area contributed by atoms with Crippen LogP contribution in [0.1, 0.15) is 24.3 Å². The molecule has 1 N–H and O–H groups in total. The van der Waals surface area contributed by atoms with Gasteiger partial charge in [-0.15, -0.1) is 11.3 Å². The van der Waals surface area contributed by atoms with E-state index in [2.05, 4.69) is 34.0 Å². The van der Waals surface area contributed by atoms with Crippen LogP contribution in [0.25, 0.3) is 0 Å². The molecule has 0 saturated carbocycles. The second-order valence-electron chi connectivity index (χ2n) is 4.24. The second-order valence-corrected chi connectivity index (χ2v) is 5.33. The summed E-state index contributed by atoms with van der Waals surface area (Å²) in [6.07, 6.45) is 5.61. The van der Waals surface area contributed by atoms with Gasteiger partial charge in [0.05, 0.1) is 0 Å². The van der Waals surface area contributed by atoms with Crippen LogP contribution in [0.5, 0.6) is 0 Å². The molecular formula is C14H20N4S. The van der Waals surface area contributed by atoms with E-state index >= 15 is 0 Å². The predicted molar refractivity (Wildman–Crippen MR) is 80.5 cm³/mol. The van der Waals surface area contributed by atoms with E-state index in [9.17, 15) is 0 Å². The maximum absolute atomic E-state index is 4.48. The molecule has 2 rings (SSSR count). The van der Waals surface area contributed by atoms with Crippen LogP contribution in [0.3, 0.4) is 0 Å². The molecule has 0 unspecified atom stereocenters. The third kappa shape index (κ3) is 4.01. The predicted octanol–water partition coefficient (Wildman–Crippen LogP) is 2.67. The number of aromatic nitrogens is 2. The standard InChI is InChI=1S/C14H20N4S/c1-3-18(4-2)14-17-11-13(19-14)10-16-9-12-5-7-15-8-6-12/h5-8,11,16H,3-4,9-10H2,1-2H3. The SMILES string of the molecule is CCN(CC)c1ncc(CNCc2ccncc2)s1. The molecule has 0 fully saturated rings. The number of nitrogens with zero attached hydrogens (tertiary/aromatic N) is 3. The Morgan fingerprint density at radius 3 is 2.58 bits per heavy atom. The molecule has 2 heterocycles. The third-order valence-electron chi connectivity index (χ3n) is 2.95. The summed E-state index contributed by atoms with van der Waals surface area (Å²) in [7, 11) is 0. The van der Waals surface area contributed by atoms with Gasteiger partial charge in [0.1, 0.15) is 0 Å². The monoisotopic (exact) mass is 276 g/mol. The summed E-state index contributed by atoms with van der Waals surface area (Å²) in [5, 5.41) is 4.55. The van der Waals surface area contributed by atoms with Crippen molar-refractivity contribution in [2.24, 2.45) is 0 Å². The summed E-state index contributed by atoms with van der Waals surface area (Å²) in [4.78, 5) is 12.0. The second kappa shape index (κ2) is 7.21. The van der Waals surface area contributed by atoms with Gasteiger partial charge in [0.25, 0.3) is 0 Å². The van der Waals surface area contributed by atoms with Crippen molar-refractivity contribution >= 4 is 16.5 Å². The summed E-state index contributed by atoms with van der Waals surface area (Å²) in [5.74, 6) is 0. The molecule has 0 spiro atoms. The van der Waals surface area contributed by atoms with Crippen molar-refractivity contribution in [1.29, 1.82) is 0 Å². The maximum Gasteiger partial charge on any atom is 0.185 e. The largest absolute Gasteiger partial charge is 0.349 e. The average Bonchev–Trinajstić information content (AvgIpc) is 2.90. The van der Waals surface area contributed by atoms with Crippen LogP contribution in [0.15, 0.2) is 30.7 Å². The smallest absolute Gasteiger partial charge is 0.185 e. The van der Waals surface area contributed by atoms with E-state index in [0.29, 0.717) is 0 Å². The first-order chi connectivity index (χ1) is 9.33. The van der Waals surface area contributed by atoms with Gasteiger partial charge in [-0.05, 0) is 31.5 Å². The van der Waals surface area contributed by atoms with E-state index in [1.807, 2.05) is 30.7 Å². The zero-order valence-corrected chi connectivity index (χ0v) is 12.3. The summed E-state index contributed by atoms with van der Waals surface area (Å²) in [6, 6.07) is 4.06. The minimum Gasteiger partial charge on any atom is -0.349 e.